The van der Waals surface area contributed by atoms with Gasteiger partial charge in [0.15, 0.2) is 0 Å². The molecule has 0 N–H and O–H groups in total. The van der Waals surface area contributed by atoms with E-state index in [1.54, 1.807) is 0 Å². The van der Waals surface area contributed by atoms with Gasteiger partial charge in [0.25, 0.3) is 5.91 Å². The molecule has 0 bridgehead atoms. The van der Waals surface area contributed by atoms with Gasteiger partial charge in [-0.05, 0) is 57.3 Å². The van der Waals surface area contributed by atoms with Gasteiger partial charge in [0, 0.05) is 26.2 Å². The molecule has 5 nitrogen and oxygen atoms in total. The van der Waals surface area contributed by atoms with Gasteiger partial charge in [-0.1, -0.05) is 18.2 Å². The van der Waals surface area contributed by atoms with Gasteiger partial charge in [0.1, 0.15) is 11.9 Å². The molecular formula is C20H30N2O3. The minimum atomic E-state index is -0.179. The SMILES string of the molecule is O=C([C@H]1CCCO1)N1CCCN(CCCCOc2ccccc2)CC1. The molecule has 2 aliphatic rings. The Morgan fingerprint density at radius 2 is 1.96 bits per heavy atom. The lowest BCUT2D eigenvalue weighted by molar-refractivity contribution is -0.140. The summed E-state index contributed by atoms with van der Waals surface area (Å²) in [6.07, 6.45) is 4.97. The second-order valence-corrected chi connectivity index (χ2v) is 6.89. The van der Waals surface area contributed by atoms with Gasteiger partial charge in [-0.25, -0.2) is 0 Å². The summed E-state index contributed by atoms with van der Waals surface area (Å²) in [5, 5.41) is 0. The van der Waals surface area contributed by atoms with Crippen molar-refractivity contribution in [1.82, 2.24) is 9.80 Å². The van der Waals surface area contributed by atoms with Gasteiger partial charge in [0.05, 0.1) is 6.61 Å². The highest BCUT2D eigenvalue weighted by Gasteiger charge is 2.29. The van der Waals surface area contributed by atoms with Crippen molar-refractivity contribution in [3.63, 3.8) is 0 Å². The average molecular weight is 346 g/mol. The predicted molar refractivity (Wildman–Crippen MR) is 97.8 cm³/mol. The van der Waals surface area contributed by atoms with Crippen LogP contribution in [0.5, 0.6) is 5.75 Å². The van der Waals surface area contributed by atoms with Crippen molar-refractivity contribution in [1.29, 1.82) is 0 Å². The zero-order valence-electron chi connectivity index (χ0n) is 15.1. The molecule has 0 spiro atoms. The van der Waals surface area contributed by atoms with Gasteiger partial charge in [0.2, 0.25) is 0 Å². The van der Waals surface area contributed by atoms with Crippen molar-refractivity contribution >= 4 is 5.91 Å². The Morgan fingerprint density at radius 1 is 1.08 bits per heavy atom. The first-order valence-corrected chi connectivity index (χ1v) is 9.63. The number of rotatable bonds is 7. The summed E-state index contributed by atoms with van der Waals surface area (Å²) in [5.74, 6) is 1.15. The summed E-state index contributed by atoms with van der Waals surface area (Å²) in [7, 11) is 0. The van der Waals surface area contributed by atoms with Crippen LogP contribution in [0.25, 0.3) is 0 Å². The summed E-state index contributed by atoms with van der Waals surface area (Å²) in [4.78, 5) is 16.9. The molecule has 1 amide bonds. The molecule has 0 radical (unpaired) electrons. The molecule has 2 aliphatic heterocycles. The van der Waals surface area contributed by atoms with Gasteiger partial charge >= 0.3 is 0 Å². The number of amides is 1. The van der Waals surface area contributed by atoms with E-state index >= 15 is 0 Å². The fourth-order valence-corrected chi connectivity index (χ4v) is 3.54. The van der Waals surface area contributed by atoms with Crippen LogP contribution in [0, 0.1) is 0 Å². The van der Waals surface area contributed by atoms with Crippen LogP contribution in [-0.4, -0.2) is 67.7 Å². The van der Waals surface area contributed by atoms with Gasteiger partial charge in [-0.15, -0.1) is 0 Å². The number of unbranched alkanes of at least 4 members (excludes halogenated alkanes) is 1. The van der Waals surface area contributed by atoms with Crippen LogP contribution in [-0.2, 0) is 9.53 Å². The Kier molecular flexibility index (Phi) is 7.12. The fourth-order valence-electron chi connectivity index (χ4n) is 3.54. The number of nitrogens with zero attached hydrogens (tertiary/aromatic N) is 2. The fraction of sp³-hybridized carbons (Fsp3) is 0.650. The van der Waals surface area contributed by atoms with Crippen LogP contribution in [0.1, 0.15) is 32.1 Å². The second kappa shape index (κ2) is 9.78. The first-order chi connectivity index (χ1) is 12.3. The number of carbonyl (C=O) groups is 1. The molecule has 2 heterocycles. The molecule has 1 aromatic carbocycles. The molecule has 0 saturated carbocycles. The number of benzene rings is 1. The molecule has 3 rings (SSSR count). The Balaban J connectivity index is 1.31. The molecule has 138 valence electrons. The van der Waals surface area contributed by atoms with E-state index in [1.165, 1.54) is 0 Å². The van der Waals surface area contributed by atoms with Crippen LogP contribution >= 0.6 is 0 Å². The molecule has 0 aromatic heterocycles. The summed E-state index contributed by atoms with van der Waals surface area (Å²) >= 11 is 0. The van der Waals surface area contributed by atoms with E-state index in [0.717, 1.165) is 83.8 Å². The van der Waals surface area contributed by atoms with Gasteiger partial charge in [-0.2, -0.15) is 0 Å². The van der Waals surface area contributed by atoms with Crippen LogP contribution in [0.15, 0.2) is 30.3 Å². The number of carbonyl (C=O) groups excluding carboxylic acids is 1. The third-order valence-electron chi connectivity index (χ3n) is 4.99. The van der Waals surface area contributed by atoms with E-state index in [-0.39, 0.29) is 12.0 Å². The first-order valence-electron chi connectivity index (χ1n) is 9.63. The minimum absolute atomic E-state index is 0.179. The summed E-state index contributed by atoms with van der Waals surface area (Å²) in [6, 6.07) is 9.98. The van der Waals surface area contributed by atoms with Crippen LogP contribution in [0.3, 0.4) is 0 Å². The monoisotopic (exact) mass is 346 g/mol. The molecule has 2 fully saturated rings. The molecule has 0 aliphatic carbocycles. The van der Waals surface area contributed by atoms with E-state index in [0.29, 0.717) is 0 Å². The third-order valence-corrected chi connectivity index (χ3v) is 4.99. The first kappa shape index (κ1) is 18.2. The van der Waals surface area contributed by atoms with Crippen LogP contribution < -0.4 is 4.74 Å². The Hall–Kier alpha value is -1.59. The topological polar surface area (TPSA) is 42.0 Å². The van der Waals surface area contributed by atoms with Crippen LogP contribution in [0.4, 0.5) is 0 Å². The van der Waals surface area contributed by atoms with Crippen molar-refractivity contribution in [2.75, 3.05) is 45.9 Å². The maximum absolute atomic E-state index is 12.5. The predicted octanol–water partition coefficient (Wildman–Crippen LogP) is 2.56. The van der Waals surface area contributed by atoms with E-state index in [1.807, 2.05) is 35.2 Å². The normalized spacial score (nSPS) is 21.9. The largest absolute Gasteiger partial charge is 0.494 e. The molecule has 2 saturated heterocycles. The number of ether oxygens (including phenoxy) is 2. The highest BCUT2D eigenvalue weighted by atomic mass is 16.5. The molecule has 5 heteroatoms. The zero-order valence-corrected chi connectivity index (χ0v) is 15.1. The van der Waals surface area contributed by atoms with Crippen molar-refractivity contribution in [2.24, 2.45) is 0 Å². The molecule has 1 aromatic rings. The second-order valence-electron chi connectivity index (χ2n) is 6.89. The van der Waals surface area contributed by atoms with Gasteiger partial charge < -0.3 is 19.3 Å². The van der Waals surface area contributed by atoms with E-state index in [4.69, 9.17) is 9.47 Å². The van der Waals surface area contributed by atoms with Crippen molar-refractivity contribution in [3.05, 3.63) is 30.3 Å². The number of para-hydroxylation sites is 1. The molecule has 25 heavy (non-hydrogen) atoms. The summed E-state index contributed by atoms with van der Waals surface area (Å²) < 4.78 is 11.3. The lowest BCUT2D eigenvalue weighted by atomic mass is 10.2. The number of hydrogen-bond acceptors (Lipinski definition) is 4. The zero-order chi connectivity index (χ0) is 17.3. The third kappa shape index (κ3) is 5.72. The number of hydrogen-bond donors (Lipinski definition) is 0. The molecular weight excluding hydrogens is 316 g/mol. The molecule has 0 unspecified atom stereocenters. The average Bonchev–Trinajstić information content (AvgIpc) is 3.08. The van der Waals surface area contributed by atoms with Gasteiger partial charge in [-0.3, -0.25) is 4.79 Å². The minimum Gasteiger partial charge on any atom is -0.494 e. The smallest absolute Gasteiger partial charge is 0.251 e. The maximum Gasteiger partial charge on any atom is 0.251 e. The van der Waals surface area contributed by atoms with Crippen molar-refractivity contribution in [2.45, 2.75) is 38.2 Å². The Morgan fingerprint density at radius 3 is 2.76 bits per heavy atom. The van der Waals surface area contributed by atoms with E-state index < -0.39 is 0 Å². The Bertz CT molecular complexity index is 517. The highest BCUT2D eigenvalue weighted by molar-refractivity contribution is 5.81. The summed E-state index contributed by atoms with van der Waals surface area (Å²) in [5.41, 5.74) is 0. The van der Waals surface area contributed by atoms with Crippen molar-refractivity contribution in [3.8, 4) is 5.75 Å². The Labute approximate surface area is 150 Å². The van der Waals surface area contributed by atoms with Crippen LogP contribution in [0.2, 0.25) is 0 Å². The lowest BCUT2D eigenvalue weighted by Crippen LogP contribution is -2.41. The quantitative estimate of drug-likeness (QED) is 0.712. The highest BCUT2D eigenvalue weighted by Crippen LogP contribution is 2.16. The summed E-state index contributed by atoms with van der Waals surface area (Å²) in [6.45, 7) is 6.33. The maximum atomic E-state index is 12.5. The lowest BCUT2D eigenvalue weighted by Gasteiger charge is -2.24. The van der Waals surface area contributed by atoms with Crippen molar-refractivity contribution < 1.29 is 14.3 Å². The molecule has 1 atom stereocenters. The van der Waals surface area contributed by atoms with E-state index in [2.05, 4.69) is 4.90 Å². The van der Waals surface area contributed by atoms with E-state index in [9.17, 15) is 4.79 Å². The standard InChI is InChI=1S/C20H30N2O3/c23-20(19-10-6-17-25-19)22-13-7-12-21(14-15-22)11-4-5-16-24-18-8-2-1-3-9-18/h1-3,8-9,19H,4-7,10-17H2/t19-/m1/s1.